The molecule has 0 saturated heterocycles. The minimum absolute atomic E-state index is 0.0620. The molecule has 156 valence electrons. The van der Waals surface area contributed by atoms with Crippen molar-refractivity contribution >= 4 is 22.4 Å². The molecule has 3 aromatic rings. The number of nitrogens with zero attached hydrogens (tertiary/aromatic N) is 2. The molecule has 0 radical (unpaired) electrons. The first-order valence-corrected chi connectivity index (χ1v) is 10.9. The number of pyridine rings is 2. The third kappa shape index (κ3) is 3.89. The number of fused-ring (bicyclic) bond motifs is 1. The SMILES string of the molecule is CC(O)(c1cnc(OC2CC(OCc3ccccc3)C2)c2cnc(Cl)cc12)C1CC1. The van der Waals surface area contributed by atoms with Gasteiger partial charge in [-0.2, -0.15) is 0 Å². The van der Waals surface area contributed by atoms with Gasteiger partial charge in [0.25, 0.3) is 0 Å². The van der Waals surface area contributed by atoms with Gasteiger partial charge in [0, 0.05) is 30.8 Å². The summed E-state index contributed by atoms with van der Waals surface area (Å²) in [5.41, 5.74) is 1.03. The van der Waals surface area contributed by atoms with Crippen molar-refractivity contribution in [2.45, 2.75) is 57.0 Å². The summed E-state index contributed by atoms with van der Waals surface area (Å²) in [6, 6.07) is 12.0. The van der Waals surface area contributed by atoms with Crippen LogP contribution in [0.25, 0.3) is 10.8 Å². The molecule has 0 amide bonds. The molecular weight excluding hydrogens is 400 g/mol. The quantitative estimate of drug-likeness (QED) is 0.539. The summed E-state index contributed by atoms with van der Waals surface area (Å²) < 4.78 is 12.1. The first-order valence-electron chi connectivity index (χ1n) is 10.5. The van der Waals surface area contributed by atoms with E-state index in [0.29, 0.717) is 17.6 Å². The van der Waals surface area contributed by atoms with Crippen LogP contribution in [0, 0.1) is 5.92 Å². The Balaban J connectivity index is 1.29. The van der Waals surface area contributed by atoms with Crippen LogP contribution in [0.1, 0.15) is 43.7 Å². The maximum Gasteiger partial charge on any atom is 0.223 e. The molecule has 30 heavy (non-hydrogen) atoms. The van der Waals surface area contributed by atoms with Gasteiger partial charge in [0.05, 0.1) is 23.7 Å². The van der Waals surface area contributed by atoms with E-state index in [9.17, 15) is 5.11 Å². The lowest BCUT2D eigenvalue weighted by Crippen LogP contribution is -2.39. The number of benzene rings is 1. The highest BCUT2D eigenvalue weighted by molar-refractivity contribution is 6.30. The molecule has 6 heteroatoms. The number of rotatable bonds is 7. The molecular formula is C24H25ClN2O3. The predicted molar refractivity (Wildman–Crippen MR) is 116 cm³/mol. The van der Waals surface area contributed by atoms with E-state index in [0.717, 1.165) is 42.0 Å². The van der Waals surface area contributed by atoms with Gasteiger partial charge >= 0.3 is 0 Å². The Labute approximate surface area is 181 Å². The molecule has 5 rings (SSSR count). The van der Waals surface area contributed by atoms with Crippen molar-refractivity contribution in [3.05, 3.63) is 65.1 Å². The van der Waals surface area contributed by atoms with E-state index in [1.165, 1.54) is 5.56 Å². The zero-order chi connectivity index (χ0) is 20.7. The van der Waals surface area contributed by atoms with Crippen molar-refractivity contribution < 1.29 is 14.6 Å². The van der Waals surface area contributed by atoms with Crippen molar-refractivity contribution in [3.63, 3.8) is 0 Å². The molecule has 5 nitrogen and oxygen atoms in total. The minimum atomic E-state index is -0.929. The van der Waals surface area contributed by atoms with Crippen LogP contribution in [-0.2, 0) is 16.9 Å². The molecule has 1 atom stereocenters. The topological polar surface area (TPSA) is 64.5 Å². The molecule has 0 spiro atoms. The van der Waals surface area contributed by atoms with Crippen LogP contribution >= 0.6 is 11.6 Å². The lowest BCUT2D eigenvalue weighted by atomic mass is 9.89. The van der Waals surface area contributed by atoms with Crippen molar-refractivity contribution in [3.8, 4) is 5.88 Å². The third-order valence-corrected chi connectivity index (χ3v) is 6.48. The minimum Gasteiger partial charge on any atom is -0.474 e. The van der Waals surface area contributed by atoms with Crippen molar-refractivity contribution in [2.75, 3.05) is 0 Å². The molecule has 1 unspecified atom stereocenters. The van der Waals surface area contributed by atoms with Crippen molar-refractivity contribution in [2.24, 2.45) is 5.92 Å². The van der Waals surface area contributed by atoms with E-state index in [1.807, 2.05) is 25.1 Å². The smallest absolute Gasteiger partial charge is 0.223 e. The molecule has 2 aliphatic carbocycles. The molecule has 2 saturated carbocycles. The largest absolute Gasteiger partial charge is 0.474 e. The molecule has 2 heterocycles. The second-order valence-corrected chi connectivity index (χ2v) is 8.97. The van der Waals surface area contributed by atoms with E-state index in [-0.39, 0.29) is 18.1 Å². The van der Waals surface area contributed by atoms with E-state index >= 15 is 0 Å². The number of hydrogen-bond acceptors (Lipinski definition) is 5. The van der Waals surface area contributed by atoms with E-state index in [1.54, 1.807) is 18.5 Å². The highest BCUT2D eigenvalue weighted by Gasteiger charge is 2.42. The van der Waals surface area contributed by atoms with E-state index in [4.69, 9.17) is 21.1 Å². The van der Waals surface area contributed by atoms with Crippen LogP contribution in [0.5, 0.6) is 5.88 Å². The first kappa shape index (κ1) is 19.7. The van der Waals surface area contributed by atoms with Gasteiger partial charge in [-0.1, -0.05) is 41.9 Å². The van der Waals surface area contributed by atoms with Gasteiger partial charge in [0.15, 0.2) is 0 Å². The van der Waals surface area contributed by atoms with Gasteiger partial charge in [-0.25, -0.2) is 9.97 Å². The first-order chi connectivity index (χ1) is 14.5. The molecule has 2 aliphatic rings. The van der Waals surface area contributed by atoms with Gasteiger partial charge in [-0.05, 0) is 42.7 Å². The number of ether oxygens (including phenoxy) is 2. The Morgan fingerprint density at radius 1 is 1.07 bits per heavy atom. The van der Waals surface area contributed by atoms with Crippen LogP contribution < -0.4 is 4.74 Å². The van der Waals surface area contributed by atoms with Gasteiger partial charge in [-0.3, -0.25) is 0 Å². The Morgan fingerprint density at radius 2 is 1.83 bits per heavy atom. The second kappa shape index (κ2) is 7.80. The number of halogens is 1. The highest BCUT2D eigenvalue weighted by Crippen LogP contribution is 2.48. The summed E-state index contributed by atoms with van der Waals surface area (Å²) in [5, 5.41) is 13.1. The number of aliphatic hydroxyl groups is 1. The van der Waals surface area contributed by atoms with E-state index < -0.39 is 5.60 Å². The zero-order valence-corrected chi connectivity index (χ0v) is 17.7. The average molecular weight is 425 g/mol. The second-order valence-electron chi connectivity index (χ2n) is 8.58. The maximum atomic E-state index is 11.1. The fourth-order valence-corrected chi connectivity index (χ4v) is 4.30. The summed E-state index contributed by atoms with van der Waals surface area (Å²) in [5.74, 6) is 0.798. The highest BCUT2D eigenvalue weighted by atomic mass is 35.5. The van der Waals surface area contributed by atoms with Gasteiger partial charge < -0.3 is 14.6 Å². The third-order valence-electron chi connectivity index (χ3n) is 6.28. The van der Waals surface area contributed by atoms with E-state index in [2.05, 4.69) is 22.1 Å². The predicted octanol–water partition coefficient (Wildman–Crippen LogP) is 5.03. The maximum absolute atomic E-state index is 11.1. The monoisotopic (exact) mass is 424 g/mol. The van der Waals surface area contributed by atoms with Gasteiger partial charge in [0.1, 0.15) is 11.3 Å². The molecule has 0 bridgehead atoms. The molecule has 2 aromatic heterocycles. The molecule has 1 N–H and O–H groups in total. The zero-order valence-electron chi connectivity index (χ0n) is 16.9. The van der Waals surface area contributed by atoms with Crippen LogP contribution in [0.2, 0.25) is 5.15 Å². The summed E-state index contributed by atoms with van der Waals surface area (Å²) >= 11 is 6.17. The Hall–Kier alpha value is -2.21. The van der Waals surface area contributed by atoms with Crippen LogP contribution in [0.15, 0.2) is 48.8 Å². The lowest BCUT2D eigenvalue weighted by Gasteiger charge is -2.35. The Morgan fingerprint density at radius 3 is 2.57 bits per heavy atom. The Bertz CT molecular complexity index is 1050. The van der Waals surface area contributed by atoms with Crippen LogP contribution in [0.4, 0.5) is 0 Å². The molecule has 2 fully saturated rings. The number of hydrogen-bond donors (Lipinski definition) is 1. The van der Waals surface area contributed by atoms with Crippen LogP contribution in [-0.4, -0.2) is 27.3 Å². The summed E-state index contributed by atoms with van der Waals surface area (Å²) in [6.07, 6.45) is 7.40. The van der Waals surface area contributed by atoms with Crippen LogP contribution in [0.3, 0.4) is 0 Å². The normalized spacial score (nSPS) is 23.0. The summed E-state index contributed by atoms with van der Waals surface area (Å²) in [4.78, 5) is 8.77. The van der Waals surface area contributed by atoms with Crippen molar-refractivity contribution in [1.82, 2.24) is 9.97 Å². The lowest BCUT2D eigenvalue weighted by molar-refractivity contribution is -0.0690. The van der Waals surface area contributed by atoms with Gasteiger partial charge in [0.2, 0.25) is 5.88 Å². The Kier molecular flexibility index (Phi) is 5.13. The molecule has 0 aliphatic heterocycles. The molecule has 1 aromatic carbocycles. The fourth-order valence-electron chi connectivity index (χ4n) is 4.14. The average Bonchev–Trinajstić information content (AvgIpc) is 3.56. The van der Waals surface area contributed by atoms with Crippen molar-refractivity contribution in [1.29, 1.82) is 0 Å². The summed E-state index contributed by atoms with van der Waals surface area (Å²) in [7, 11) is 0. The number of aromatic nitrogens is 2. The van der Waals surface area contributed by atoms with Gasteiger partial charge in [-0.15, -0.1) is 0 Å². The fraction of sp³-hybridized carbons (Fsp3) is 0.417. The summed E-state index contributed by atoms with van der Waals surface area (Å²) in [6.45, 7) is 2.48. The standard InChI is InChI=1S/C24H25ClN2O3/c1-24(28,16-7-8-16)21-13-27-23(20-12-26-22(25)11-19(20)21)30-18-9-17(10-18)29-14-15-5-3-2-4-6-15/h2-6,11-13,16-18,28H,7-10,14H2,1H3.